The Kier molecular flexibility index (Phi) is 5.55. The molecule has 0 fully saturated rings. The topological polar surface area (TPSA) is 26.0 Å². The second-order valence-electron chi connectivity index (χ2n) is 4.68. The number of hydrogen-bond donors (Lipinski definition) is 1. The summed E-state index contributed by atoms with van der Waals surface area (Å²) in [6.45, 7) is 2.04. The molecule has 0 radical (unpaired) electrons. The predicted molar refractivity (Wildman–Crippen MR) is 93.7 cm³/mol. The average molecular weight is 438 g/mol. The molecule has 0 spiro atoms. The fraction of sp³-hybridized carbons (Fsp3) is 0.200. The van der Waals surface area contributed by atoms with Crippen molar-refractivity contribution < 1.29 is 0 Å². The van der Waals surface area contributed by atoms with E-state index in [-0.39, 0.29) is 6.04 Å². The van der Waals surface area contributed by atoms with E-state index in [1.807, 2.05) is 19.1 Å². The Morgan fingerprint density at radius 2 is 1.75 bits per heavy atom. The van der Waals surface area contributed by atoms with Gasteiger partial charge >= 0.3 is 0 Å². The van der Waals surface area contributed by atoms with Gasteiger partial charge in [0.2, 0.25) is 0 Å². The largest absolute Gasteiger partial charge is 0.324 e. The molecule has 0 saturated carbocycles. The summed E-state index contributed by atoms with van der Waals surface area (Å²) >= 11 is 19.1. The van der Waals surface area contributed by atoms with E-state index < -0.39 is 0 Å². The van der Waals surface area contributed by atoms with E-state index >= 15 is 0 Å². The summed E-state index contributed by atoms with van der Waals surface area (Å²) in [5, 5.41) is 1.11. The predicted octanol–water partition coefficient (Wildman–Crippen LogP) is 6.07. The molecule has 2 aromatic carbocycles. The zero-order valence-corrected chi connectivity index (χ0v) is 15.4. The van der Waals surface area contributed by atoms with Crippen LogP contribution in [-0.2, 0) is 6.42 Å². The first kappa shape index (κ1) is 16.3. The molecule has 0 aliphatic rings. The lowest BCUT2D eigenvalue weighted by atomic mass is 9.99. The van der Waals surface area contributed by atoms with Crippen LogP contribution in [0.3, 0.4) is 0 Å². The molecule has 1 atom stereocenters. The minimum Gasteiger partial charge on any atom is -0.324 e. The van der Waals surface area contributed by atoms with Crippen LogP contribution in [0.5, 0.6) is 0 Å². The first-order valence-corrected chi connectivity index (χ1v) is 8.37. The maximum absolute atomic E-state index is 6.31. The molecule has 0 aliphatic heterocycles. The molecule has 106 valence electrons. The summed E-state index contributed by atoms with van der Waals surface area (Å²) < 4.78 is 2.08. The van der Waals surface area contributed by atoms with E-state index in [9.17, 15) is 0 Å². The van der Waals surface area contributed by atoms with Gasteiger partial charge in [0.1, 0.15) is 0 Å². The summed E-state index contributed by atoms with van der Waals surface area (Å²) in [7, 11) is 0. The lowest BCUT2D eigenvalue weighted by Crippen LogP contribution is -2.14. The van der Waals surface area contributed by atoms with Crippen molar-refractivity contribution in [1.82, 2.24) is 0 Å². The fourth-order valence-corrected chi connectivity index (χ4v) is 3.41. The van der Waals surface area contributed by atoms with Gasteiger partial charge in [0.25, 0.3) is 0 Å². The minimum absolute atomic E-state index is 0.112. The molecule has 2 rings (SSSR count). The number of halogens is 4. The molecule has 5 heteroatoms. The molecule has 1 nitrogen and oxygen atoms in total. The summed E-state index contributed by atoms with van der Waals surface area (Å²) in [5.41, 5.74) is 9.61. The Labute approximate surface area is 145 Å². The van der Waals surface area contributed by atoms with Crippen molar-refractivity contribution >= 4 is 55.1 Å². The van der Waals surface area contributed by atoms with E-state index in [1.54, 1.807) is 6.07 Å². The molecule has 0 aromatic heterocycles. The van der Waals surface area contributed by atoms with E-state index in [4.69, 9.17) is 28.9 Å². The van der Waals surface area contributed by atoms with Crippen molar-refractivity contribution in [1.29, 1.82) is 0 Å². The van der Waals surface area contributed by atoms with Crippen molar-refractivity contribution in [3.05, 3.63) is 66.0 Å². The standard InChI is InChI=1S/C15H13Br2Cl2N/c1-8-4-12(17)10(7-11(8)16)15(20)6-9-2-3-13(18)14(19)5-9/h2-5,7,15H,6,20H2,1H3. The fourth-order valence-electron chi connectivity index (χ4n) is 1.98. The third kappa shape index (κ3) is 3.77. The number of benzene rings is 2. The van der Waals surface area contributed by atoms with Gasteiger partial charge in [-0.05, 0) is 54.3 Å². The van der Waals surface area contributed by atoms with E-state index in [2.05, 4.69) is 44.0 Å². The van der Waals surface area contributed by atoms with E-state index in [0.29, 0.717) is 16.5 Å². The number of aryl methyl sites for hydroxylation is 1. The molecule has 0 heterocycles. The highest BCUT2D eigenvalue weighted by Gasteiger charge is 2.13. The summed E-state index contributed by atoms with van der Waals surface area (Å²) in [4.78, 5) is 0. The first-order chi connectivity index (χ1) is 9.38. The molecule has 0 saturated heterocycles. The van der Waals surface area contributed by atoms with Gasteiger partial charge in [0.05, 0.1) is 10.0 Å². The molecule has 2 N–H and O–H groups in total. The number of rotatable bonds is 3. The molecular formula is C15H13Br2Cl2N. The van der Waals surface area contributed by atoms with Crippen LogP contribution in [0.1, 0.15) is 22.7 Å². The lowest BCUT2D eigenvalue weighted by molar-refractivity contribution is 0.717. The Morgan fingerprint density at radius 3 is 2.40 bits per heavy atom. The smallest absolute Gasteiger partial charge is 0.0595 e. The van der Waals surface area contributed by atoms with Crippen molar-refractivity contribution in [2.45, 2.75) is 19.4 Å². The first-order valence-electron chi connectivity index (χ1n) is 6.03. The van der Waals surface area contributed by atoms with Crippen LogP contribution in [0.2, 0.25) is 10.0 Å². The molecule has 2 aromatic rings. The van der Waals surface area contributed by atoms with E-state index in [0.717, 1.165) is 20.1 Å². The zero-order chi connectivity index (χ0) is 14.9. The zero-order valence-electron chi connectivity index (χ0n) is 10.8. The number of hydrogen-bond acceptors (Lipinski definition) is 1. The second kappa shape index (κ2) is 6.80. The monoisotopic (exact) mass is 435 g/mol. The van der Waals surface area contributed by atoms with Crippen LogP contribution in [0, 0.1) is 6.92 Å². The number of nitrogens with two attached hydrogens (primary N) is 1. The highest BCUT2D eigenvalue weighted by atomic mass is 79.9. The minimum atomic E-state index is -0.112. The van der Waals surface area contributed by atoms with Crippen LogP contribution in [-0.4, -0.2) is 0 Å². The van der Waals surface area contributed by atoms with Gasteiger partial charge in [-0.15, -0.1) is 0 Å². The molecule has 0 amide bonds. The highest BCUT2D eigenvalue weighted by molar-refractivity contribution is 9.11. The lowest BCUT2D eigenvalue weighted by Gasteiger charge is -2.16. The van der Waals surface area contributed by atoms with Crippen molar-refractivity contribution in [3.63, 3.8) is 0 Å². The molecule has 0 bridgehead atoms. The molecule has 0 aliphatic carbocycles. The quantitative estimate of drug-likeness (QED) is 0.619. The second-order valence-corrected chi connectivity index (χ2v) is 7.21. The van der Waals surface area contributed by atoms with Crippen LogP contribution < -0.4 is 5.73 Å². The van der Waals surface area contributed by atoms with Crippen molar-refractivity contribution in [2.75, 3.05) is 0 Å². The Bertz CT molecular complexity index is 644. The maximum Gasteiger partial charge on any atom is 0.0595 e. The Hall–Kier alpha value is -0.0600. The third-order valence-corrected chi connectivity index (χ3v) is 5.40. The maximum atomic E-state index is 6.31. The van der Waals surface area contributed by atoms with Crippen molar-refractivity contribution in [2.24, 2.45) is 5.73 Å². The van der Waals surface area contributed by atoms with Crippen LogP contribution in [0.4, 0.5) is 0 Å². The van der Waals surface area contributed by atoms with Gasteiger partial charge in [-0.2, -0.15) is 0 Å². The van der Waals surface area contributed by atoms with Gasteiger partial charge in [0.15, 0.2) is 0 Å². The Balaban J connectivity index is 2.25. The van der Waals surface area contributed by atoms with Gasteiger partial charge in [-0.1, -0.05) is 61.1 Å². The van der Waals surface area contributed by atoms with Gasteiger partial charge in [-0.3, -0.25) is 0 Å². The molecule has 1 unspecified atom stereocenters. The Morgan fingerprint density at radius 1 is 1.05 bits per heavy atom. The summed E-state index contributed by atoms with van der Waals surface area (Å²) in [6.07, 6.45) is 0.699. The highest BCUT2D eigenvalue weighted by Crippen LogP contribution is 2.31. The van der Waals surface area contributed by atoms with Gasteiger partial charge in [0, 0.05) is 15.0 Å². The van der Waals surface area contributed by atoms with Crippen LogP contribution in [0.25, 0.3) is 0 Å². The van der Waals surface area contributed by atoms with E-state index in [1.165, 1.54) is 5.56 Å². The average Bonchev–Trinajstić information content (AvgIpc) is 2.38. The van der Waals surface area contributed by atoms with Crippen molar-refractivity contribution in [3.8, 4) is 0 Å². The molecular weight excluding hydrogens is 425 g/mol. The molecule has 20 heavy (non-hydrogen) atoms. The summed E-state index contributed by atoms with van der Waals surface area (Å²) in [6, 6.07) is 9.62. The van der Waals surface area contributed by atoms with Crippen LogP contribution >= 0.6 is 55.1 Å². The van der Waals surface area contributed by atoms with Gasteiger partial charge < -0.3 is 5.73 Å². The van der Waals surface area contributed by atoms with Crippen LogP contribution in [0.15, 0.2) is 39.3 Å². The van der Waals surface area contributed by atoms with Gasteiger partial charge in [-0.25, -0.2) is 0 Å². The SMILES string of the molecule is Cc1cc(Br)c(C(N)Cc2ccc(Cl)c(Cl)c2)cc1Br. The normalized spacial score (nSPS) is 12.5. The third-order valence-electron chi connectivity index (χ3n) is 3.12. The summed E-state index contributed by atoms with van der Waals surface area (Å²) in [5.74, 6) is 0.